The predicted molar refractivity (Wildman–Crippen MR) is 94.8 cm³/mol. The molecule has 0 bridgehead atoms. The number of carbonyl (C=O) groups is 2. The maximum absolute atomic E-state index is 12.5. The molecular formula is C18H20N4O5. The van der Waals surface area contributed by atoms with Crippen LogP contribution >= 0.6 is 0 Å². The molecule has 1 heterocycles. The van der Waals surface area contributed by atoms with Crippen molar-refractivity contribution in [2.45, 2.75) is 45.4 Å². The van der Waals surface area contributed by atoms with E-state index in [1.165, 1.54) is 18.5 Å². The van der Waals surface area contributed by atoms with Crippen molar-refractivity contribution in [2.24, 2.45) is 0 Å². The Morgan fingerprint density at radius 2 is 2.00 bits per heavy atom. The normalized spacial score (nSPS) is 14.4. The first-order chi connectivity index (χ1) is 12.9. The number of nitrogens with one attached hydrogen (secondary N) is 1. The van der Waals surface area contributed by atoms with E-state index in [1.807, 2.05) is 0 Å². The molecule has 1 saturated carbocycles. The topological polar surface area (TPSA) is 116 Å². The Kier molecular flexibility index (Phi) is 5.20. The number of amides is 1. The van der Waals surface area contributed by atoms with Gasteiger partial charge in [0.05, 0.1) is 4.92 Å². The van der Waals surface area contributed by atoms with E-state index >= 15 is 0 Å². The van der Waals surface area contributed by atoms with Gasteiger partial charge in [-0.05, 0) is 26.7 Å². The minimum absolute atomic E-state index is 0.126. The summed E-state index contributed by atoms with van der Waals surface area (Å²) in [6.07, 6.45) is 0.749. The maximum atomic E-state index is 12.5. The number of rotatable bonds is 7. The maximum Gasteiger partial charge on any atom is 0.328 e. The Balaban J connectivity index is 1.75. The molecule has 3 rings (SSSR count). The van der Waals surface area contributed by atoms with E-state index in [2.05, 4.69) is 10.4 Å². The molecule has 1 aromatic carbocycles. The van der Waals surface area contributed by atoms with Crippen LogP contribution in [-0.2, 0) is 20.9 Å². The summed E-state index contributed by atoms with van der Waals surface area (Å²) in [6, 6.07) is 8.85. The van der Waals surface area contributed by atoms with Crippen LogP contribution < -0.4 is 5.32 Å². The van der Waals surface area contributed by atoms with Gasteiger partial charge in [0.1, 0.15) is 17.9 Å². The lowest BCUT2D eigenvalue weighted by Crippen LogP contribution is -2.34. The molecule has 0 radical (unpaired) electrons. The van der Waals surface area contributed by atoms with Crippen LogP contribution in [-0.4, -0.2) is 32.6 Å². The Bertz CT molecular complexity index is 873. The van der Waals surface area contributed by atoms with Crippen molar-refractivity contribution in [1.29, 1.82) is 0 Å². The second kappa shape index (κ2) is 7.56. The number of carbonyl (C=O) groups excluding carboxylic acids is 2. The molecule has 1 amide bonds. The zero-order valence-corrected chi connectivity index (χ0v) is 15.0. The van der Waals surface area contributed by atoms with Gasteiger partial charge in [-0.25, -0.2) is 0 Å². The first-order valence-corrected chi connectivity index (χ1v) is 8.60. The average Bonchev–Trinajstić information content (AvgIpc) is 3.38. The lowest BCUT2D eigenvalue weighted by atomic mass is 10.1. The third kappa shape index (κ3) is 4.30. The van der Waals surface area contributed by atoms with Crippen molar-refractivity contribution in [1.82, 2.24) is 15.1 Å². The second-order valence-corrected chi connectivity index (χ2v) is 6.50. The second-order valence-electron chi connectivity index (χ2n) is 6.50. The van der Waals surface area contributed by atoms with Crippen molar-refractivity contribution < 1.29 is 19.2 Å². The predicted octanol–water partition coefficient (Wildman–Crippen LogP) is 1.97. The molecule has 1 fully saturated rings. The fourth-order valence-corrected chi connectivity index (χ4v) is 2.80. The molecule has 0 saturated heterocycles. The Hall–Kier alpha value is -3.23. The summed E-state index contributed by atoms with van der Waals surface area (Å²) in [5.41, 5.74) is 0.904. The molecule has 27 heavy (non-hydrogen) atoms. The zero-order valence-electron chi connectivity index (χ0n) is 15.0. The smallest absolute Gasteiger partial charge is 0.328 e. The standard InChI is InChI=1S/C18H20N4O5/c1-11-16(22(25)26)12(2)21(20-11)10-15(23)27-17(13-6-4-3-5-7-13)18(24)19-14-8-9-14/h3-7,14,17H,8-10H2,1-2H3,(H,19,24)/t17-/m0/s1. The lowest BCUT2D eigenvalue weighted by molar-refractivity contribution is -0.386. The number of benzene rings is 1. The van der Waals surface area contributed by atoms with Crippen molar-refractivity contribution >= 4 is 17.6 Å². The van der Waals surface area contributed by atoms with Gasteiger partial charge in [0.15, 0.2) is 0 Å². The number of aryl methyl sites for hydroxylation is 1. The van der Waals surface area contributed by atoms with Gasteiger partial charge in [0, 0.05) is 11.6 Å². The summed E-state index contributed by atoms with van der Waals surface area (Å²) >= 11 is 0. The van der Waals surface area contributed by atoms with E-state index in [-0.39, 0.29) is 35.6 Å². The van der Waals surface area contributed by atoms with Crippen molar-refractivity contribution in [3.8, 4) is 0 Å². The highest BCUT2D eigenvalue weighted by atomic mass is 16.6. The summed E-state index contributed by atoms with van der Waals surface area (Å²) in [5, 5.41) is 17.9. The van der Waals surface area contributed by atoms with E-state index in [0.717, 1.165) is 12.8 Å². The van der Waals surface area contributed by atoms with E-state index < -0.39 is 17.0 Å². The van der Waals surface area contributed by atoms with Crippen LogP contribution in [0.5, 0.6) is 0 Å². The van der Waals surface area contributed by atoms with Crippen LogP contribution in [0.1, 0.15) is 35.9 Å². The van der Waals surface area contributed by atoms with Crippen LogP contribution in [0.4, 0.5) is 5.69 Å². The third-order valence-corrected chi connectivity index (χ3v) is 4.32. The molecular weight excluding hydrogens is 352 g/mol. The lowest BCUT2D eigenvalue weighted by Gasteiger charge is -2.18. The zero-order chi connectivity index (χ0) is 19.6. The minimum Gasteiger partial charge on any atom is -0.446 e. The van der Waals surface area contributed by atoms with E-state index in [0.29, 0.717) is 5.56 Å². The molecule has 9 nitrogen and oxygen atoms in total. The molecule has 1 atom stereocenters. The fraction of sp³-hybridized carbons (Fsp3) is 0.389. The van der Waals surface area contributed by atoms with Crippen molar-refractivity contribution in [3.05, 3.63) is 57.4 Å². The fourth-order valence-electron chi connectivity index (χ4n) is 2.80. The largest absolute Gasteiger partial charge is 0.446 e. The van der Waals surface area contributed by atoms with Gasteiger partial charge >= 0.3 is 11.7 Å². The summed E-state index contributed by atoms with van der Waals surface area (Å²) in [6.45, 7) is 2.70. The number of hydrogen-bond acceptors (Lipinski definition) is 6. The molecule has 1 N–H and O–H groups in total. The molecule has 2 aromatic rings. The number of hydrogen-bond donors (Lipinski definition) is 1. The highest BCUT2D eigenvalue weighted by Gasteiger charge is 2.31. The van der Waals surface area contributed by atoms with Gasteiger partial charge in [-0.15, -0.1) is 0 Å². The van der Waals surface area contributed by atoms with Gasteiger partial charge in [0.25, 0.3) is 5.91 Å². The molecule has 0 spiro atoms. The molecule has 0 unspecified atom stereocenters. The highest BCUT2D eigenvalue weighted by Crippen LogP contribution is 2.24. The van der Waals surface area contributed by atoms with Crippen molar-refractivity contribution in [2.75, 3.05) is 0 Å². The van der Waals surface area contributed by atoms with Crippen LogP contribution in [0, 0.1) is 24.0 Å². The first kappa shape index (κ1) is 18.6. The Morgan fingerprint density at radius 1 is 1.33 bits per heavy atom. The SMILES string of the molecule is Cc1nn(CC(=O)O[C@H](C(=O)NC2CC2)c2ccccc2)c(C)c1[N+](=O)[O-]. The van der Waals surface area contributed by atoms with Gasteiger partial charge in [-0.1, -0.05) is 30.3 Å². The first-order valence-electron chi connectivity index (χ1n) is 8.60. The quantitative estimate of drug-likeness (QED) is 0.451. The number of nitro groups is 1. The summed E-state index contributed by atoms with van der Waals surface area (Å²) < 4.78 is 6.63. The molecule has 1 aromatic heterocycles. The molecule has 142 valence electrons. The Morgan fingerprint density at radius 3 is 2.56 bits per heavy atom. The van der Waals surface area contributed by atoms with E-state index in [4.69, 9.17) is 4.74 Å². The third-order valence-electron chi connectivity index (χ3n) is 4.32. The van der Waals surface area contributed by atoms with Crippen LogP contribution in [0.3, 0.4) is 0 Å². The average molecular weight is 372 g/mol. The Labute approximate surface area is 155 Å². The van der Waals surface area contributed by atoms with Crippen LogP contribution in [0.2, 0.25) is 0 Å². The minimum atomic E-state index is -1.08. The van der Waals surface area contributed by atoms with Crippen LogP contribution in [0.25, 0.3) is 0 Å². The van der Waals surface area contributed by atoms with Gasteiger partial charge in [0.2, 0.25) is 6.10 Å². The number of nitrogens with zero attached hydrogens (tertiary/aromatic N) is 3. The number of aromatic nitrogens is 2. The molecule has 9 heteroatoms. The summed E-state index contributed by atoms with van der Waals surface area (Å²) in [4.78, 5) is 35.5. The number of esters is 1. The van der Waals surface area contributed by atoms with Gasteiger partial charge in [-0.3, -0.25) is 24.4 Å². The van der Waals surface area contributed by atoms with Gasteiger partial charge in [-0.2, -0.15) is 5.10 Å². The van der Waals surface area contributed by atoms with Crippen LogP contribution in [0.15, 0.2) is 30.3 Å². The van der Waals surface area contributed by atoms with Gasteiger partial charge < -0.3 is 10.1 Å². The molecule has 0 aliphatic heterocycles. The highest BCUT2D eigenvalue weighted by molar-refractivity contribution is 5.85. The summed E-state index contributed by atoms with van der Waals surface area (Å²) in [7, 11) is 0. The van der Waals surface area contributed by atoms with E-state index in [1.54, 1.807) is 30.3 Å². The molecule has 1 aliphatic carbocycles. The molecule has 1 aliphatic rings. The monoisotopic (exact) mass is 372 g/mol. The van der Waals surface area contributed by atoms with Crippen molar-refractivity contribution in [3.63, 3.8) is 0 Å². The summed E-state index contributed by atoms with van der Waals surface area (Å²) in [5.74, 6) is -1.08. The van der Waals surface area contributed by atoms with E-state index in [9.17, 15) is 19.7 Å². The number of ether oxygens (including phenoxy) is 1.